The smallest absolute Gasteiger partial charge is 0.316 e. The molecule has 6 heteroatoms. The summed E-state index contributed by atoms with van der Waals surface area (Å²) < 4.78 is 5.22. The van der Waals surface area contributed by atoms with Crippen molar-refractivity contribution in [2.24, 2.45) is 0 Å². The molecule has 1 aromatic rings. The Balaban J connectivity index is 2.35. The summed E-state index contributed by atoms with van der Waals surface area (Å²) in [6.45, 7) is 3.58. The Morgan fingerprint density at radius 2 is 1.95 bits per heavy atom. The molecule has 20 heavy (non-hydrogen) atoms. The lowest BCUT2D eigenvalue weighted by Crippen LogP contribution is -2.46. The second-order valence-corrected chi connectivity index (χ2v) is 4.86. The summed E-state index contributed by atoms with van der Waals surface area (Å²) in [4.78, 5) is 22.6. The van der Waals surface area contributed by atoms with Gasteiger partial charge in [-0.25, -0.2) is 0 Å². The number of piperidine rings is 1. The fourth-order valence-corrected chi connectivity index (χ4v) is 2.64. The van der Waals surface area contributed by atoms with E-state index in [9.17, 15) is 14.9 Å². The summed E-state index contributed by atoms with van der Waals surface area (Å²) in [7, 11) is 0. The van der Waals surface area contributed by atoms with Crippen molar-refractivity contribution < 1.29 is 14.5 Å². The van der Waals surface area contributed by atoms with Crippen LogP contribution in [0.15, 0.2) is 24.3 Å². The molecular formula is C14H18N2O4. The van der Waals surface area contributed by atoms with E-state index < -0.39 is 10.3 Å². The third-order valence-electron chi connectivity index (χ3n) is 3.75. The first-order valence-corrected chi connectivity index (χ1v) is 6.73. The lowest BCUT2D eigenvalue weighted by atomic mass is 9.73. The minimum atomic E-state index is -0.684. The topological polar surface area (TPSA) is 81.5 Å². The number of nitrogens with zero attached hydrogens (tertiary/aromatic N) is 1. The number of hydrogen-bond donors (Lipinski definition) is 1. The summed E-state index contributed by atoms with van der Waals surface area (Å²) in [5.74, 6) is -0.240. The molecule has 1 aromatic carbocycles. The van der Waals surface area contributed by atoms with Crippen LogP contribution in [0.3, 0.4) is 0 Å². The highest BCUT2D eigenvalue weighted by Crippen LogP contribution is 2.35. The lowest BCUT2D eigenvalue weighted by Gasteiger charge is -2.35. The summed E-state index contributed by atoms with van der Waals surface area (Å²) in [6.07, 6.45) is 1.29. The number of non-ortho nitro benzene ring substituents is 1. The number of nitro groups is 1. The van der Waals surface area contributed by atoms with Gasteiger partial charge in [0, 0.05) is 12.1 Å². The van der Waals surface area contributed by atoms with Crippen LogP contribution in [-0.2, 0) is 14.9 Å². The molecule has 108 valence electrons. The standard InChI is InChI=1S/C14H18N2O4/c1-2-20-13(17)14(7-9-15-10-8-14)11-3-5-12(6-4-11)16(18)19/h3-6,15H,2,7-10H2,1H3. The highest BCUT2D eigenvalue weighted by molar-refractivity contribution is 5.83. The Hall–Kier alpha value is -1.95. The Labute approximate surface area is 117 Å². The molecular weight excluding hydrogens is 260 g/mol. The van der Waals surface area contributed by atoms with Crippen LogP contribution in [0, 0.1) is 10.1 Å². The van der Waals surface area contributed by atoms with Gasteiger partial charge in [0.1, 0.15) is 0 Å². The van der Waals surface area contributed by atoms with Crippen molar-refractivity contribution in [3.8, 4) is 0 Å². The molecule has 1 heterocycles. The number of carbonyl (C=O) groups excluding carboxylic acids is 1. The molecule has 6 nitrogen and oxygen atoms in total. The number of rotatable bonds is 4. The minimum absolute atomic E-state index is 0.0293. The molecule has 0 aliphatic carbocycles. The highest BCUT2D eigenvalue weighted by atomic mass is 16.6. The van der Waals surface area contributed by atoms with Gasteiger partial charge in [-0.2, -0.15) is 0 Å². The zero-order valence-electron chi connectivity index (χ0n) is 11.4. The first-order chi connectivity index (χ1) is 9.60. The Bertz CT molecular complexity index is 492. The molecule has 1 fully saturated rings. The molecule has 0 spiro atoms. The van der Waals surface area contributed by atoms with Crippen LogP contribution in [0.25, 0.3) is 0 Å². The molecule has 1 aliphatic rings. The van der Waals surface area contributed by atoms with Crippen molar-refractivity contribution in [1.82, 2.24) is 5.32 Å². The molecule has 0 atom stereocenters. The van der Waals surface area contributed by atoms with E-state index in [4.69, 9.17) is 4.74 Å². The third-order valence-corrected chi connectivity index (χ3v) is 3.75. The zero-order valence-corrected chi connectivity index (χ0v) is 11.4. The number of nitrogens with one attached hydrogen (secondary N) is 1. The van der Waals surface area contributed by atoms with Gasteiger partial charge in [-0.3, -0.25) is 14.9 Å². The van der Waals surface area contributed by atoms with Crippen molar-refractivity contribution >= 4 is 11.7 Å². The van der Waals surface area contributed by atoms with E-state index in [2.05, 4.69) is 5.32 Å². The van der Waals surface area contributed by atoms with Crippen LogP contribution in [0.4, 0.5) is 5.69 Å². The van der Waals surface area contributed by atoms with E-state index in [0.29, 0.717) is 19.4 Å². The summed E-state index contributed by atoms with van der Waals surface area (Å²) in [5.41, 5.74) is 0.140. The molecule has 0 bridgehead atoms. The SMILES string of the molecule is CCOC(=O)C1(c2ccc([N+](=O)[O-])cc2)CCNCC1. The van der Waals surface area contributed by atoms with E-state index in [1.54, 1.807) is 19.1 Å². The van der Waals surface area contributed by atoms with Gasteiger partial charge >= 0.3 is 5.97 Å². The normalized spacial score (nSPS) is 17.4. The largest absolute Gasteiger partial charge is 0.465 e. The number of carbonyl (C=O) groups is 1. The summed E-state index contributed by atoms with van der Waals surface area (Å²) in [6, 6.07) is 6.22. The van der Waals surface area contributed by atoms with Crippen LogP contribution in [0.1, 0.15) is 25.3 Å². The maximum Gasteiger partial charge on any atom is 0.316 e. The van der Waals surface area contributed by atoms with Crippen LogP contribution >= 0.6 is 0 Å². The van der Waals surface area contributed by atoms with E-state index >= 15 is 0 Å². The monoisotopic (exact) mass is 278 g/mol. The molecule has 0 saturated carbocycles. The van der Waals surface area contributed by atoms with Crippen molar-refractivity contribution in [2.75, 3.05) is 19.7 Å². The molecule has 0 aromatic heterocycles. The fourth-order valence-electron chi connectivity index (χ4n) is 2.64. The molecule has 0 unspecified atom stereocenters. The number of nitro benzene ring substituents is 1. The van der Waals surface area contributed by atoms with E-state index in [-0.39, 0.29) is 11.7 Å². The van der Waals surface area contributed by atoms with Crippen molar-refractivity contribution in [1.29, 1.82) is 0 Å². The molecule has 0 amide bonds. The van der Waals surface area contributed by atoms with Gasteiger partial charge in [0.2, 0.25) is 0 Å². The summed E-state index contributed by atoms with van der Waals surface area (Å²) >= 11 is 0. The Kier molecular flexibility index (Phi) is 4.34. The van der Waals surface area contributed by atoms with Gasteiger partial charge in [0.25, 0.3) is 5.69 Å². The van der Waals surface area contributed by atoms with Crippen LogP contribution in [-0.4, -0.2) is 30.6 Å². The second kappa shape index (κ2) is 6.00. The number of esters is 1. The summed E-state index contributed by atoms with van der Waals surface area (Å²) in [5, 5.41) is 13.9. The van der Waals surface area contributed by atoms with Gasteiger partial charge in [-0.15, -0.1) is 0 Å². The molecule has 2 rings (SSSR count). The van der Waals surface area contributed by atoms with E-state index in [1.807, 2.05) is 0 Å². The van der Waals surface area contributed by atoms with Crippen LogP contribution in [0.2, 0.25) is 0 Å². The van der Waals surface area contributed by atoms with Gasteiger partial charge in [0.05, 0.1) is 16.9 Å². The third kappa shape index (κ3) is 2.65. The predicted molar refractivity (Wildman–Crippen MR) is 73.5 cm³/mol. The predicted octanol–water partition coefficient (Wildman–Crippen LogP) is 1.78. The number of benzene rings is 1. The van der Waals surface area contributed by atoms with Crippen molar-refractivity contribution in [2.45, 2.75) is 25.2 Å². The highest BCUT2D eigenvalue weighted by Gasteiger charge is 2.42. The second-order valence-electron chi connectivity index (χ2n) is 4.86. The first kappa shape index (κ1) is 14.5. The van der Waals surface area contributed by atoms with E-state index in [1.165, 1.54) is 12.1 Å². The van der Waals surface area contributed by atoms with Crippen molar-refractivity contribution in [3.05, 3.63) is 39.9 Å². The van der Waals surface area contributed by atoms with E-state index in [0.717, 1.165) is 18.7 Å². The van der Waals surface area contributed by atoms with Crippen LogP contribution < -0.4 is 5.32 Å². The Morgan fingerprint density at radius 1 is 1.35 bits per heavy atom. The van der Waals surface area contributed by atoms with Gasteiger partial charge < -0.3 is 10.1 Å². The maximum atomic E-state index is 12.4. The van der Waals surface area contributed by atoms with Crippen LogP contribution in [0.5, 0.6) is 0 Å². The van der Waals surface area contributed by atoms with Gasteiger partial charge in [0.15, 0.2) is 0 Å². The van der Waals surface area contributed by atoms with Gasteiger partial charge in [-0.1, -0.05) is 12.1 Å². The minimum Gasteiger partial charge on any atom is -0.465 e. The average molecular weight is 278 g/mol. The van der Waals surface area contributed by atoms with Crippen molar-refractivity contribution in [3.63, 3.8) is 0 Å². The zero-order chi connectivity index (χ0) is 14.6. The van der Waals surface area contributed by atoms with Gasteiger partial charge in [-0.05, 0) is 38.4 Å². The number of hydrogen-bond acceptors (Lipinski definition) is 5. The molecule has 1 N–H and O–H groups in total. The first-order valence-electron chi connectivity index (χ1n) is 6.73. The fraction of sp³-hybridized carbons (Fsp3) is 0.500. The molecule has 1 saturated heterocycles. The number of ether oxygens (including phenoxy) is 1. The lowest BCUT2D eigenvalue weighted by molar-refractivity contribution is -0.384. The quantitative estimate of drug-likeness (QED) is 0.516. The Morgan fingerprint density at radius 3 is 2.45 bits per heavy atom. The average Bonchev–Trinajstić information content (AvgIpc) is 2.48. The maximum absolute atomic E-state index is 12.4. The molecule has 1 aliphatic heterocycles. The molecule has 0 radical (unpaired) electrons.